The van der Waals surface area contributed by atoms with E-state index in [4.69, 9.17) is 9.47 Å². The molecule has 1 aliphatic heterocycles. The van der Waals surface area contributed by atoms with E-state index in [-0.39, 0.29) is 22.3 Å². The predicted molar refractivity (Wildman–Crippen MR) is 112 cm³/mol. The van der Waals surface area contributed by atoms with Gasteiger partial charge in [-0.3, -0.25) is 14.4 Å². The van der Waals surface area contributed by atoms with Crippen molar-refractivity contribution in [1.82, 2.24) is 0 Å². The summed E-state index contributed by atoms with van der Waals surface area (Å²) in [6.45, 7) is -0.549. The Morgan fingerprint density at radius 2 is 1.47 bits per heavy atom. The minimum Gasteiger partial charge on any atom is -0.497 e. The molecule has 0 N–H and O–H groups in total. The molecular formula is C24H16FNO6. The Kier molecular flexibility index (Phi) is 5.51. The SMILES string of the molecule is COc1ccc(N2C(=O)c3ccc(C(=O)OCC(=O)c4ccc(F)cc4)cc3C2=O)cc1. The van der Waals surface area contributed by atoms with Gasteiger partial charge in [0, 0.05) is 5.56 Å². The molecule has 3 aromatic carbocycles. The molecule has 4 rings (SSSR count). The van der Waals surface area contributed by atoms with E-state index in [1.807, 2.05) is 0 Å². The largest absolute Gasteiger partial charge is 0.497 e. The minimum absolute atomic E-state index is 0.0217. The van der Waals surface area contributed by atoms with Crippen LogP contribution >= 0.6 is 0 Å². The molecule has 2 amide bonds. The maximum Gasteiger partial charge on any atom is 0.338 e. The van der Waals surface area contributed by atoms with Crippen molar-refractivity contribution in [2.24, 2.45) is 0 Å². The summed E-state index contributed by atoms with van der Waals surface area (Å²) in [6, 6.07) is 15.2. The van der Waals surface area contributed by atoms with Gasteiger partial charge < -0.3 is 9.47 Å². The Morgan fingerprint density at radius 3 is 2.12 bits per heavy atom. The molecular weight excluding hydrogens is 417 g/mol. The zero-order chi connectivity index (χ0) is 22.8. The van der Waals surface area contributed by atoms with Gasteiger partial charge in [-0.15, -0.1) is 0 Å². The molecule has 0 spiro atoms. The smallest absolute Gasteiger partial charge is 0.338 e. The summed E-state index contributed by atoms with van der Waals surface area (Å²) in [7, 11) is 1.50. The number of esters is 1. The van der Waals surface area contributed by atoms with Crippen molar-refractivity contribution >= 4 is 29.3 Å². The van der Waals surface area contributed by atoms with Crippen molar-refractivity contribution in [3.63, 3.8) is 0 Å². The van der Waals surface area contributed by atoms with Crippen molar-refractivity contribution < 1.29 is 33.0 Å². The molecule has 0 radical (unpaired) electrons. The highest BCUT2D eigenvalue weighted by molar-refractivity contribution is 6.34. The number of carbonyl (C=O) groups is 4. The van der Waals surface area contributed by atoms with E-state index >= 15 is 0 Å². The molecule has 0 saturated carbocycles. The van der Waals surface area contributed by atoms with Crippen molar-refractivity contribution in [1.29, 1.82) is 0 Å². The van der Waals surface area contributed by atoms with Crippen LogP contribution in [0.4, 0.5) is 10.1 Å². The Morgan fingerprint density at radius 1 is 0.844 bits per heavy atom. The molecule has 32 heavy (non-hydrogen) atoms. The van der Waals surface area contributed by atoms with Gasteiger partial charge in [0.1, 0.15) is 11.6 Å². The van der Waals surface area contributed by atoms with Crippen LogP contribution in [-0.2, 0) is 4.74 Å². The van der Waals surface area contributed by atoms with Gasteiger partial charge in [-0.05, 0) is 66.7 Å². The van der Waals surface area contributed by atoms with Crippen LogP contribution in [0.5, 0.6) is 5.75 Å². The molecule has 0 saturated heterocycles. The summed E-state index contributed by atoms with van der Waals surface area (Å²) < 4.78 is 23.1. The van der Waals surface area contributed by atoms with E-state index in [0.29, 0.717) is 11.4 Å². The third-order valence-electron chi connectivity index (χ3n) is 4.95. The highest BCUT2D eigenvalue weighted by atomic mass is 19.1. The van der Waals surface area contributed by atoms with Gasteiger partial charge in [0.2, 0.25) is 0 Å². The zero-order valence-corrected chi connectivity index (χ0v) is 16.8. The number of carbonyl (C=O) groups excluding carboxylic acids is 4. The third-order valence-corrected chi connectivity index (χ3v) is 4.95. The second-order valence-corrected chi connectivity index (χ2v) is 6.91. The average Bonchev–Trinajstić information content (AvgIpc) is 3.07. The van der Waals surface area contributed by atoms with Crippen LogP contribution in [0.15, 0.2) is 66.7 Å². The van der Waals surface area contributed by atoms with Crippen LogP contribution in [-0.4, -0.2) is 37.3 Å². The highest BCUT2D eigenvalue weighted by Gasteiger charge is 2.37. The van der Waals surface area contributed by atoms with Gasteiger partial charge in [-0.25, -0.2) is 14.1 Å². The van der Waals surface area contributed by atoms with Crippen molar-refractivity contribution in [3.05, 3.63) is 94.8 Å². The number of benzene rings is 3. The van der Waals surface area contributed by atoms with Crippen LogP contribution in [0, 0.1) is 5.82 Å². The van der Waals surface area contributed by atoms with Crippen molar-refractivity contribution in [3.8, 4) is 5.75 Å². The van der Waals surface area contributed by atoms with Gasteiger partial charge in [0.05, 0.1) is 29.5 Å². The monoisotopic (exact) mass is 433 g/mol. The van der Waals surface area contributed by atoms with Crippen LogP contribution < -0.4 is 9.64 Å². The lowest BCUT2D eigenvalue weighted by Crippen LogP contribution is -2.29. The molecule has 1 heterocycles. The number of nitrogens with zero attached hydrogens (tertiary/aromatic N) is 1. The Balaban J connectivity index is 1.49. The maximum atomic E-state index is 13.0. The summed E-state index contributed by atoms with van der Waals surface area (Å²) in [5.74, 6) is -2.33. The zero-order valence-electron chi connectivity index (χ0n) is 16.8. The number of halogens is 1. The maximum absolute atomic E-state index is 13.0. The molecule has 0 aromatic heterocycles. The molecule has 0 atom stereocenters. The van der Waals surface area contributed by atoms with E-state index in [1.165, 1.54) is 37.4 Å². The van der Waals surface area contributed by atoms with Gasteiger partial charge in [-0.2, -0.15) is 0 Å². The van der Waals surface area contributed by atoms with E-state index in [0.717, 1.165) is 17.0 Å². The quantitative estimate of drug-likeness (QED) is 0.335. The Hall–Kier alpha value is -4.33. The molecule has 0 unspecified atom stereocenters. The van der Waals surface area contributed by atoms with Gasteiger partial charge in [0.15, 0.2) is 12.4 Å². The first-order valence-electron chi connectivity index (χ1n) is 9.52. The number of methoxy groups -OCH3 is 1. The average molecular weight is 433 g/mol. The standard InChI is InChI=1S/C24H16FNO6/c1-31-18-9-7-17(8-10-18)26-22(28)19-11-4-15(12-20(19)23(26)29)24(30)32-13-21(27)14-2-5-16(25)6-3-14/h2-12H,13H2,1H3. The summed E-state index contributed by atoms with van der Waals surface area (Å²) in [4.78, 5) is 51.1. The lowest BCUT2D eigenvalue weighted by molar-refractivity contribution is 0.0474. The van der Waals surface area contributed by atoms with E-state index in [9.17, 15) is 23.6 Å². The van der Waals surface area contributed by atoms with Crippen LogP contribution in [0.25, 0.3) is 0 Å². The first kappa shape index (κ1) is 20.9. The van der Waals surface area contributed by atoms with E-state index < -0.39 is 36.0 Å². The second kappa shape index (κ2) is 8.43. The summed E-state index contributed by atoms with van der Waals surface area (Å²) in [5, 5.41) is 0. The molecule has 1 aliphatic rings. The lowest BCUT2D eigenvalue weighted by atomic mass is 10.1. The van der Waals surface area contributed by atoms with E-state index in [1.54, 1.807) is 24.3 Å². The second-order valence-electron chi connectivity index (χ2n) is 6.91. The summed E-state index contributed by atoms with van der Waals surface area (Å²) in [6.07, 6.45) is 0. The van der Waals surface area contributed by atoms with Crippen molar-refractivity contribution in [2.45, 2.75) is 0 Å². The number of hydrogen-bond acceptors (Lipinski definition) is 6. The topological polar surface area (TPSA) is 90.0 Å². The fourth-order valence-corrected chi connectivity index (χ4v) is 3.27. The number of fused-ring (bicyclic) bond motifs is 1. The Bertz CT molecular complexity index is 1230. The number of ketones is 1. The minimum atomic E-state index is -0.827. The first-order valence-corrected chi connectivity index (χ1v) is 9.52. The Labute approximate surface area is 182 Å². The number of amides is 2. The number of hydrogen-bond donors (Lipinski definition) is 0. The first-order chi connectivity index (χ1) is 15.4. The number of anilines is 1. The van der Waals surface area contributed by atoms with Crippen molar-refractivity contribution in [2.75, 3.05) is 18.6 Å². The molecule has 8 heteroatoms. The lowest BCUT2D eigenvalue weighted by Gasteiger charge is -2.14. The van der Waals surface area contributed by atoms with Crippen LogP contribution in [0.3, 0.4) is 0 Å². The number of rotatable bonds is 6. The van der Waals surface area contributed by atoms with Gasteiger partial charge in [0.25, 0.3) is 11.8 Å². The number of ether oxygens (including phenoxy) is 2. The highest BCUT2D eigenvalue weighted by Crippen LogP contribution is 2.30. The number of Topliss-reactive ketones (excluding diaryl/α,β-unsaturated/α-hetero) is 1. The molecule has 0 aliphatic carbocycles. The fraction of sp³-hybridized carbons (Fsp3) is 0.0833. The molecule has 0 fully saturated rings. The molecule has 160 valence electrons. The molecule has 7 nitrogen and oxygen atoms in total. The number of imide groups is 1. The molecule has 0 bridgehead atoms. The van der Waals surface area contributed by atoms with Crippen LogP contribution in [0.1, 0.15) is 41.4 Å². The van der Waals surface area contributed by atoms with Gasteiger partial charge in [-0.1, -0.05) is 0 Å². The van der Waals surface area contributed by atoms with E-state index in [2.05, 4.69) is 0 Å². The van der Waals surface area contributed by atoms with Crippen LogP contribution in [0.2, 0.25) is 0 Å². The summed E-state index contributed by atoms with van der Waals surface area (Å²) >= 11 is 0. The molecule has 3 aromatic rings. The fourth-order valence-electron chi connectivity index (χ4n) is 3.27. The third kappa shape index (κ3) is 3.85. The normalized spacial score (nSPS) is 12.5. The predicted octanol–water partition coefficient (Wildman–Crippen LogP) is 3.67. The summed E-state index contributed by atoms with van der Waals surface area (Å²) in [5.41, 5.74) is 0.804. The van der Waals surface area contributed by atoms with Gasteiger partial charge >= 0.3 is 5.97 Å².